The lowest BCUT2D eigenvalue weighted by Gasteiger charge is -1.19. The Morgan fingerprint density at radius 2 is 0.625 bits per heavy atom. The van der Waals surface area contributed by atoms with Crippen LogP contribution in [0.25, 0.3) is 0 Å². The van der Waals surface area contributed by atoms with Crippen LogP contribution in [-0.4, -0.2) is 40.7 Å². The van der Waals surface area contributed by atoms with Gasteiger partial charge in [0.25, 0.3) is 0 Å². The first kappa shape index (κ1) is 23.9. The topological polar surface area (TPSA) is 78.1 Å². The summed E-state index contributed by atoms with van der Waals surface area (Å²) in [6.07, 6.45) is 0. The fraction of sp³-hybridized carbons (Fsp3) is 1.00. The molecule has 0 unspecified atom stereocenters. The molecule has 6 N–H and O–H groups in total. The van der Waals surface area contributed by atoms with Crippen LogP contribution in [0.15, 0.2) is 0 Å². The van der Waals surface area contributed by atoms with E-state index in [0.717, 1.165) is 0 Å². The Hall–Kier alpha value is 0.314. The summed E-state index contributed by atoms with van der Waals surface area (Å²) in [6, 6.07) is 0. The molecule has 0 aromatic rings. The van der Waals surface area contributed by atoms with Crippen molar-refractivity contribution in [1.29, 1.82) is 0 Å². The van der Waals surface area contributed by atoms with E-state index in [4.69, 9.17) is 0 Å². The van der Waals surface area contributed by atoms with E-state index in [0.29, 0.717) is 0 Å². The van der Waals surface area contributed by atoms with E-state index in [2.05, 4.69) is 17.2 Å². The highest BCUT2D eigenvalue weighted by Gasteiger charge is 0.988. The van der Waals surface area contributed by atoms with Crippen LogP contribution in [0.4, 0.5) is 0 Å². The molecule has 0 aliphatic heterocycles. The summed E-state index contributed by atoms with van der Waals surface area (Å²) in [4.78, 5) is 0. The van der Waals surface area contributed by atoms with Gasteiger partial charge in [-0.3, -0.25) is 0 Å². The Kier molecular flexibility index (Phi) is 8850. The molecule has 3 nitrogen and oxygen atoms in total. The molecule has 0 rings (SSSR count). The molecule has 0 atom stereocenters. The van der Waals surface area contributed by atoms with Gasteiger partial charge in [0.15, 0.2) is 0 Å². The summed E-state index contributed by atoms with van der Waals surface area (Å²) in [7, 11) is 7.39. The second kappa shape index (κ2) is 2960. The quantitative estimate of drug-likeness (QED) is 0.316. The lowest BCUT2D eigenvalue weighted by molar-refractivity contribution is 1.48. The normalized spacial score (nSPS) is 3.75. The fourth-order valence-electron chi connectivity index (χ4n) is 0. The maximum atomic E-state index is 4.50. The molecule has 0 spiro atoms. The zero-order valence-corrected chi connectivity index (χ0v) is 10.7. The molecule has 0 amide bonds. The third kappa shape index (κ3) is 1810. The third-order valence-electron chi connectivity index (χ3n) is 0. The molecule has 0 radical (unpaired) electrons. The van der Waals surface area contributed by atoms with Crippen molar-refractivity contribution >= 4 is 19.5 Å². The second-order valence-electron chi connectivity index (χ2n) is 0. The van der Waals surface area contributed by atoms with Crippen molar-refractivity contribution in [3.05, 3.63) is 0 Å². The van der Waals surface area contributed by atoms with Crippen LogP contribution in [0, 0.1) is 0 Å². The van der Waals surface area contributed by atoms with Gasteiger partial charge in [0.2, 0.25) is 0 Å². The SMILES string of the molecule is CN.CN.CN.[SiH3][SiH3]. The zero-order chi connectivity index (χ0) is 8.00. The van der Waals surface area contributed by atoms with Crippen LogP contribution in [0.2, 0.25) is 0 Å². The van der Waals surface area contributed by atoms with E-state index in [1.807, 2.05) is 0 Å². The predicted molar refractivity (Wildman–Crippen MR) is 50.2 cm³/mol. The van der Waals surface area contributed by atoms with Gasteiger partial charge in [0.1, 0.15) is 0 Å². The maximum Gasteiger partial charge on any atom is -0.0125 e. The molecule has 56 valence electrons. The third-order valence-corrected chi connectivity index (χ3v) is 0. The molecular formula is C3H21N3Si2. The molecule has 0 aromatic heterocycles. The fourth-order valence-corrected chi connectivity index (χ4v) is 0. The molecule has 0 heterocycles. The lowest BCUT2D eigenvalue weighted by atomic mass is 11.6. The Balaban J connectivity index is -0.0000000133. The number of nitrogens with two attached hydrogens (primary N) is 3. The maximum absolute atomic E-state index is 4.50. The van der Waals surface area contributed by atoms with Crippen molar-refractivity contribution in [2.75, 3.05) is 21.1 Å². The highest BCUT2D eigenvalue weighted by molar-refractivity contribution is 6.75. The highest BCUT2D eigenvalue weighted by Crippen LogP contribution is 0.619. The second-order valence-corrected chi connectivity index (χ2v) is 0. The van der Waals surface area contributed by atoms with Crippen LogP contribution in [-0.2, 0) is 0 Å². The highest BCUT2D eigenvalue weighted by atomic mass is 29.1. The van der Waals surface area contributed by atoms with Crippen LogP contribution in [0.3, 0.4) is 0 Å². The molecule has 0 fully saturated rings. The van der Waals surface area contributed by atoms with E-state index < -0.39 is 0 Å². The molecule has 0 aliphatic carbocycles. The number of rotatable bonds is 0. The Morgan fingerprint density at radius 1 is 0.625 bits per heavy atom. The molecular weight excluding hydrogens is 134 g/mol. The van der Waals surface area contributed by atoms with Crippen molar-refractivity contribution in [2.45, 2.75) is 0 Å². The molecule has 0 bridgehead atoms. The van der Waals surface area contributed by atoms with Crippen LogP contribution in [0.1, 0.15) is 0 Å². The van der Waals surface area contributed by atoms with Crippen LogP contribution in [0.5, 0.6) is 0 Å². The standard InChI is InChI=1S/3CH5N.H6Si2/c4*1-2/h3*2H2,1H3;1-2H3. The van der Waals surface area contributed by atoms with Crippen LogP contribution >= 0.6 is 0 Å². The van der Waals surface area contributed by atoms with Gasteiger partial charge in [0.05, 0.1) is 0 Å². The van der Waals surface area contributed by atoms with Gasteiger partial charge in [0, 0.05) is 0 Å². The minimum Gasteiger partial charge on any atom is -0.333 e. The first-order valence-corrected chi connectivity index (χ1v) is 10.7. The summed E-state index contributed by atoms with van der Waals surface area (Å²) in [5.41, 5.74) is 13.5. The minimum atomic E-state index is 1.44. The largest absolute Gasteiger partial charge is 0.333 e. The summed E-state index contributed by atoms with van der Waals surface area (Å²) in [5, 5.41) is 0. The molecule has 0 saturated heterocycles. The predicted octanol–water partition coefficient (Wildman–Crippen LogP) is -3.64. The molecule has 8 heavy (non-hydrogen) atoms. The van der Waals surface area contributed by atoms with Gasteiger partial charge in [-0.05, 0) is 40.7 Å². The monoisotopic (exact) mass is 155 g/mol. The van der Waals surface area contributed by atoms with Gasteiger partial charge in [-0.15, -0.1) is 0 Å². The Bertz CT molecular complexity index is 12.5. The van der Waals surface area contributed by atoms with Crippen molar-refractivity contribution in [2.24, 2.45) is 17.2 Å². The van der Waals surface area contributed by atoms with Crippen molar-refractivity contribution < 1.29 is 0 Å². The average Bonchev–Trinajstić information content (AvgIpc) is 2.03. The Labute approximate surface area is 58.6 Å². The van der Waals surface area contributed by atoms with Gasteiger partial charge < -0.3 is 17.2 Å². The van der Waals surface area contributed by atoms with Crippen LogP contribution < -0.4 is 17.2 Å². The lowest BCUT2D eigenvalue weighted by Crippen LogP contribution is -1.69. The molecule has 5 heteroatoms. The molecule has 0 aromatic carbocycles. The number of hydrogen-bond donors (Lipinski definition) is 3. The van der Waals surface area contributed by atoms with Crippen molar-refractivity contribution in [3.63, 3.8) is 0 Å². The smallest absolute Gasteiger partial charge is 0.0125 e. The summed E-state index contributed by atoms with van der Waals surface area (Å²) in [6.45, 7) is 0. The van der Waals surface area contributed by atoms with Crippen molar-refractivity contribution in [1.82, 2.24) is 0 Å². The average molecular weight is 155 g/mol. The zero-order valence-electron chi connectivity index (χ0n) is 6.73. The van der Waals surface area contributed by atoms with Gasteiger partial charge in [-0.25, -0.2) is 0 Å². The van der Waals surface area contributed by atoms with Crippen molar-refractivity contribution in [3.8, 4) is 0 Å². The van der Waals surface area contributed by atoms with E-state index in [1.54, 1.807) is 0 Å². The van der Waals surface area contributed by atoms with E-state index in [-0.39, 0.29) is 0 Å². The summed E-state index contributed by atoms with van der Waals surface area (Å²) in [5.74, 6) is 0. The van der Waals surface area contributed by atoms with E-state index in [9.17, 15) is 0 Å². The first-order chi connectivity index (χ1) is 4.00. The first-order valence-electron chi connectivity index (χ1n) is 2.73. The summed E-state index contributed by atoms with van der Waals surface area (Å²) >= 11 is 0. The van der Waals surface area contributed by atoms with Gasteiger partial charge in [-0.1, -0.05) is 0 Å². The minimum absolute atomic E-state index is 1.44. The summed E-state index contributed by atoms with van der Waals surface area (Å²) < 4.78 is 0. The van der Waals surface area contributed by atoms with E-state index in [1.165, 1.54) is 40.7 Å². The van der Waals surface area contributed by atoms with Gasteiger partial charge in [-0.2, -0.15) is 0 Å². The molecule has 0 aliphatic rings. The number of hydrogen-bond acceptors (Lipinski definition) is 3. The Morgan fingerprint density at radius 3 is 0.625 bits per heavy atom. The van der Waals surface area contributed by atoms with Gasteiger partial charge >= 0.3 is 0 Å². The molecule has 0 saturated carbocycles. The van der Waals surface area contributed by atoms with E-state index >= 15 is 0 Å².